The molecule has 5 N–H and O–H groups in total. The number of hydrogen-bond acceptors (Lipinski definition) is 12. The summed E-state index contributed by atoms with van der Waals surface area (Å²) < 4.78 is 44.2. The molecule has 306 valence electrons. The Hall–Kier alpha value is -0.970. The van der Waals surface area contributed by atoms with Gasteiger partial charge in [0.1, 0.15) is 24.5 Å². The van der Waals surface area contributed by atoms with Crippen LogP contribution < -0.4 is 5.32 Å². The standard InChI is InChI=1S/C41H65NO12/c1-19-35(47)28(43)16-33(48-19)52-37-21(3)50-34(18-30(37)45)53-36-20(2)49-32(17-29(36)44)51-23-8-11-39(4)22(14-23)6-7-27-26(39)9-12-40(5)25-10-13-41(27,40)54-38-24(25)15-31(46)42-38/h19-30,32-38,43-45,47H,6-18H2,1-5H3,(H,42,46)/t19-,20+,21+,22+,23+,24-,25-,26-,27+,28+,29+,30+,32-,33+,34-,35-,36-,37-,38-,39-,40+,41-/m0/s1. The summed E-state index contributed by atoms with van der Waals surface area (Å²) in [5.74, 6) is 2.76. The first-order valence-electron chi connectivity index (χ1n) is 21.3. The van der Waals surface area contributed by atoms with E-state index in [0.717, 1.165) is 25.7 Å². The molecule has 4 aliphatic carbocycles. The normalized spacial score (nSPS) is 58.4. The van der Waals surface area contributed by atoms with E-state index in [2.05, 4.69) is 19.2 Å². The lowest BCUT2D eigenvalue weighted by Crippen LogP contribution is -2.67. The second kappa shape index (κ2) is 14.1. The van der Waals surface area contributed by atoms with Gasteiger partial charge in [-0.1, -0.05) is 13.8 Å². The molecule has 2 bridgehead atoms. The lowest BCUT2D eigenvalue weighted by Gasteiger charge is -2.67. The number of rotatable bonds is 6. The molecule has 22 atom stereocenters. The summed E-state index contributed by atoms with van der Waals surface area (Å²) in [7, 11) is 0. The smallest absolute Gasteiger partial charge is 0.222 e. The molecule has 4 saturated carbocycles. The van der Waals surface area contributed by atoms with Crippen LogP contribution in [-0.4, -0.2) is 118 Å². The van der Waals surface area contributed by atoms with Crippen LogP contribution in [0.5, 0.6) is 0 Å². The molecule has 9 fully saturated rings. The average Bonchev–Trinajstić information content (AvgIpc) is 3.57. The first-order chi connectivity index (χ1) is 25.7. The molecule has 1 amide bonds. The molecule has 0 aromatic heterocycles. The first-order valence-corrected chi connectivity index (χ1v) is 21.3. The van der Waals surface area contributed by atoms with Gasteiger partial charge in [-0.15, -0.1) is 0 Å². The van der Waals surface area contributed by atoms with Crippen LogP contribution in [0.25, 0.3) is 0 Å². The lowest BCUT2D eigenvalue weighted by atomic mass is 9.42. The van der Waals surface area contributed by atoms with Crippen LogP contribution in [0.4, 0.5) is 0 Å². The van der Waals surface area contributed by atoms with Crippen LogP contribution in [-0.2, 0) is 38.0 Å². The number of carbonyl (C=O) groups excluding carboxylic acids is 1. The van der Waals surface area contributed by atoms with E-state index < -0.39 is 73.8 Å². The van der Waals surface area contributed by atoms with Crippen molar-refractivity contribution in [3.05, 3.63) is 0 Å². The summed E-state index contributed by atoms with van der Waals surface area (Å²) in [5.41, 5.74) is 0.252. The van der Waals surface area contributed by atoms with Gasteiger partial charge >= 0.3 is 0 Å². The third-order valence-electron chi connectivity index (χ3n) is 16.7. The fourth-order valence-corrected chi connectivity index (χ4v) is 13.9. The zero-order chi connectivity index (χ0) is 37.9. The molecule has 9 rings (SSSR count). The molecule has 0 spiro atoms. The van der Waals surface area contributed by atoms with Gasteiger partial charge < -0.3 is 58.9 Å². The molecular formula is C41H65NO12. The summed E-state index contributed by atoms with van der Waals surface area (Å²) in [6, 6.07) is 0. The van der Waals surface area contributed by atoms with Crippen molar-refractivity contribution in [2.45, 2.75) is 210 Å². The van der Waals surface area contributed by atoms with Crippen molar-refractivity contribution in [2.24, 2.45) is 40.4 Å². The maximum absolute atomic E-state index is 12.5. The molecule has 0 radical (unpaired) electrons. The van der Waals surface area contributed by atoms with Crippen molar-refractivity contribution in [1.82, 2.24) is 5.32 Å². The van der Waals surface area contributed by atoms with Crippen molar-refractivity contribution in [2.75, 3.05) is 0 Å². The van der Waals surface area contributed by atoms with E-state index in [4.69, 9.17) is 33.2 Å². The Labute approximate surface area is 319 Å². The first kappa shape index (κ1) is 38.5. The minimum atomic E-state index is -0.989. The maximum atomic E-state index is 12.5. The van der Waals surface area contributed by atoms with E-state index >= 15 is 0 Å². The van der Waals surface area contributed by atoms with E-state index in [1.807, 2.05) is 6.92 Å². The van der Waals surface area contributed by atoms with Gasteiger partial charge in [-0.3, -0.25) is 4.79 Å². The van der Waals surface area contributed by atoms with Gasteiger partial charge in [-0.05, 0) is 108 Å². The number of nitrogens with one attached hydrogen (secondary N) is 1. The Bertz CT molecular complexity index is 1370. The summed E-state index contributed by atoms with van der Waals surface area (Å²) in [6.07, 6.45) is 2.48. The van der Waals surface area contributed by atoms with Gasteiger partial charge in [0, 0.05) is 37.0 Å². The van der Waals surface area contributed by atoms with E-state index in [9.17, 15) is 25.2 Å². The second-order valence-electron chi connectivity index (χ2n) is 19.4. The zero-order valence-corrected chi connectivity index (χ0v) is 32.7. The summed E-state index contributed by atoms with van der Waals surface area (Å²) in [5, 5.41) is 45.7. The van der Waals surface area contributed by atoms with Crippen molar-refractivity contribution in [3.8, 4) is 0 Å². The zero-order valence-electron chi connectivity index (χ0n) is 32.7. The van der Waals surface area contributed by atoms with Crippen molar-refractivity contribution in [3.63, 3.8) is 0 Å². The van der Waals surface area contributed by atoms with Crippen LogP contribution in [0, 0.1) is 40.4 Å². The largest absolute Gasteiger partial charge is 0.390 e. The van der Waals surface area contributed by atoms with Gasteiger partial charge in [0.25, 0.3) is 0 Å². The molecule has 0 aromatic rings. The van der Waals surface area contributed by atoms with Crippen LogP contribution in [0.3, 0.4) is 0 Å². The van der Waals surface area contributed by atoms with Crippen molar-refractivity contribution in [1.29, 1.82) is 0 Å². The molecule has 54 heavy (non-hydrogen) atoms. The van der Waals surface area contributed by atoms with Crippen molar-refractivity contribution < 1.29 is 58.4 Å². The molecule has 0 unspecified atom stereocenters. The fraction of sp³-hybridized carbons (Fsp3) is 0.976. The lowest BCUT2D eigenvalue weighted by molar-refractivity contribution is -0.336. The number of aliphatic hydroxyl groups excluding tert-OH is 4. The quantitative estimate of drug-likeness (QED) is 0.251. The third-order valence-corrected chi connectivity index (χ3v) is 16.7. The summed E-state index contributed by atoms with van der Waals surface area (Å²) >= 11 is 0. The highest BCUT2D eigenvalue weighted by atomic mass is 16.7. The van der Waals surface area contributed by atoms with E-state index in [1.165, 1.54) is 32.1 Å². The molecule has 0 aromatic carbocycles. The van der Waals surface area contributed by atoms with Gasteiger partial charge in [0.2, 0.25) is 5.91 Å². The van der Waals surface area contributed by atoms with Crippen LogP contribution >= 0.6 is 0 Å². The predicted molar refractivity (Wildman–Crippen MR) is 191 cm³/mol. The number of fused-ring (bicyclic) bond motifs is 5. The highest BCUT2D eigenvalue weighted by Gasteiger charge is 2.73. The Balaban J connectivity index is 0.776. The highest BCUT2D eigenvalue weighted by Crippen LogP contribution is 2.73. The number of ether oxygens (including phenoxy) is 7. The van der Waals surface area contributed by atoms with Crippen molar-refractivity contribution >= 4 is 5.91 Å². The monoisotopic (exact) mass is 763 g/mol. The fourth-order valence-electron chi connectivity index (χ4n) is 13.9. The molecule has 13 nitrogen and oxygen atoms in total. The van der Waals surface area contributed by atoms with Gasteiger partial charge in [0.15, 0.2) is 18.9 Å². The topological polar surface area (TPSA) is 175 Å². The minimum Gasteiger partial charge on any atom is -0.390 e. The maximum Gasteiger partial charge on any atom is 0.222 e. The highest BCUT2D eigenvalue weighted by molar-refractivity contribution is 5.79. The summed E-state index contributed by atoms with van der Waals surface area (Å²) in [4.78, 5) is 12.5. The minimum absolute atomic E-state index is 0.0693. The predicted octanol–water partition coefficient (Wildman–Crippen LogP) is 3.26. The average molecular weight is 764 g/mol. The molecule has 5 aliphatic heterocycles. The molecule has 13 heteroatoms. The molecular weight excluding hydrogens is 698 g/mol. The number of hydrogen-bond donors (Lipinski definition) is 5. The van der Waals surface area contributed by atoms with E-state index in [1.54, 1.807) is 13.8 Å². The molecule has 5 saturated heterocycles. The van der Waals surface area contributed by atoms with Gasteiger partial charge in [-0.25, -0.2) is 0 Å². The number of amides is 1. The molecule has 5 heterocycles. The Kier molecular flexibility index (Phi) is 10.1. The van der Waals surface area contributed by atoms with Crippen LogP contribution in [0.2, 0.25) is 0 Å². The van der Waals surface area contributed by atoms with E-state index in [-0.39, 0.29) is 47.5 Å². The number of carbonyl (C=O) groups is 1. The Morgan fingerprint density at radius 1 is 0.667 bits per heavy atom. The third kappa shape index (κ3) is 6.16. The van der Waals surface area contributed by atoms with Crippen LogP contribution in [0.15, 0.2) is 0 Å². The molecule has 9 aliphatic rings. The Morgan fingerprint density at radius 2 is 1.28 bits per heavy atom. The summed E-state index contributed by atoms with van der Waals surface area (Å²) in [6.45, 7) is 10.4. The van der Waals surface area contributed by atoms with Gasteiger partial charge in [-0.2, -0.15) is 0 Å². The van der Waals surface area contributed by atoms with E-state index in [0.29, 0.717) is 42.4 Å². The van der Waals surface area contributed by atoms with Crippen LogP contribution in [0.1, 0.15) is 118 Å². The number of aliphatic hydroxyl groups is 4. The Morgan fingerprint density at radius 3 is 1.93 bits per heavy atom. The second-order valence-corrected chi connectivity index (χ2v) is 19.4. The van der Waals surface area contributed by atoms with Gasteiger partial charge in [0.05, 0.1) is 48.3 Å². The SMILES string of the molecule is C[C@@H]1O[C@H](O[C@@H]2[C@H](O)C[C@H](O[C@@H]3[C@H](O)C[C@H](O[C@@H]4CC[C@@]5(C)[C@H](CC[C@@H]6[C@@H]5CC[C@]5(C)[C@H]7CC[C@]65O[C@@H]5NC(=O)C[C@H]57)C4)O[C@@H]3C)O[C@@H]2C)C[C@@H](O)[C@H]1O.